The van der Waals surface area contributed by atoms with Gasteiger partial charge in [0.2, 0.25) is 5.91 Å². The van der Waals surface area contributed by atoms with E-state index in [-0.39, 0.29) is 30.3 Å². The van der Waals surface area contributed by atoms with Gasteiger partial charge in [0.15, 0.2) is 0 Å². The number of carboxylic acid groups (broad SMARTS) is 1. The quantitative estimate of drug-likeness (QED) is 0.468. The molecule has 5 nitrogen and oxygen atoms in total. The van der Waals surface area contributed by atoms with Crippen molar-refractivity contribution in [2.45, 2.75) is 70.6 Å². The highest BCUT2D eigenvalue weighted by Crippen LogP contribution is 2.52. The molecular formula is C26H31Cl2NO4. The lowest BCUT2D eigenvalue weighted by atomic mass is 9.67. The number of halogens is 2. The smallest absolute Gasteiger partial charge is 0.304 e. The number of aliphatic hydroxyl groups excluding tert-OH is 1. The summed E-state index contributed by atoms with van der Waals surface area (Å²) in [5.74, 6) is -1.39. The Morgan fingerprint density at radius 2 is 1.82 bits per heavy atom. The maximum absolute atomic E-state index is 14.0. The van der Waals surface area contributed by atoms with E-state index in [0.717, 1.165) is 11.1 Å². The molecule has 2 aromatic carbocycles. The van der Waals surface area contributed by atoms with Gasteiger partial charge in [-0.15, -0.1) is 0 Å². The fraction of sp³-hybridized carbons (Fsp3) is 0.462. The molecular weight excluding hydrogens is 461 g/mol. The van der Waals surface area contributed by atoms with E-state index in [0.29, 0.717) is 29.3 Å². The van der Waals surface area contributed by atoms with Gasteiger partial charge >= 0.3 is 5.97 Å². The van der Waals surface area contributed by atoms with E-state index in [1.165, 1.54) is 0 Å². The topological polar surface area (TPSA) is 77.8 Å². The van der Waals surface area contributed by atoms with Crippen molar-refractivity contribution < 1.29 is 19.8 Å². The number of piperidine rings is 1. The van der Waals surface area contributed by atoms with Crippen LogP contribution in [0.15, 0.2) is 48.5 Å². The number of rotatable bonds is 8. The Morgan fingerprint density at radius 3 is 2.36 bits per heavy atom. The minimum Gasteiger partial charge on any atom is -0.481 e. The molecule has 0 spiro atoms. The van der Waals surface area contributed by atoms with Crippen LogP contribution in [0.4, 0.5) is 0 Å². The lowest BCUT2D eigenvalue weighted by molar-refractivity contribution is -0.161. The first kappa shape index (κ1) is 25.5. The van der Waals surface area contributed by atoms with Crippen LogP contribution in [0.1, 0.15) is 69.5 Å². The van der Waals surface area contributed by atoms with E-state index in [1.807, 2.05) is 42.2 Å². The van der Waals surface area contributed by atoms with Crippen molar-refractivity contribution in [2.24, 2.45) is 5.41 Å². The first-order valence-electron chi connectivity index (χ1n) is 11.3. The summed E-state index contributed by atoms with van der Waals surface area (Å²) in [4.78, 5) is 27.6. The lowest BCUT2D eigenvalue weighted by Crippen LogP contribution is -2.56. The fourth-order valence-electron chi connectivity index (χ4n) is 5.15. The van der Waals surface area contributed by atoms with Crippen LogP contribution in [0.5, 0.6) is 0 Å². The Morgan fingerprint density at radius 1 is 1.15 bits per heavy atom. The number of aliphatic carboxylic acids is 1. The molecule has 0 saturated carbocycles. The second kappa shape index (κ2) is 10.5. The number of amides is 1. The Labute approximate surface area is 205 Å². The number of hydrogen-bond donors (Lipinski definition) is 2. The zero-order chi connectivity index (χ0) is 24.3. The van der Waals surface area contributed by atoms with Gasteiger partial charge in [0.05, 0.1) is 24.0 Å². The molecule has 2 N–H and O–H groups in total. The Kier molecular flexibility index (Phi) is 8.09. The van der Waals surface area contributed by atoms with Crippen molar-refractivity contribution in [1.29, 1.82) is 0 Å². The lowest BCUT2D eigenvalue weighted by Gasteiger charge is -2.52. The van der Waals surface area contributed by atoms with Gasteiger partial charge in [0, 0.05) is 22.0 Å². The number of carboxylic acids is 1. The molecule has 1 aliphatic heterocycles. The van der Waals surface area contributed by atoms with Crippen LogP contribution >= 0.6 is 23.2 Å². The molecule has 1 amide bonds. The van der Waals surface area contributed by atoms with Gasteiger partial charge in [0.25, 0.3) is 0 Å². The molecule has 1 fully saturated rings. The molecule has 0 aromatic heterocycles. The number of nitrogens with zero attached hydrogens (tertiary/aromatic N) is 1. The van der Waals surface area contributed by atoms with Gasteiger partial charge in [-0.1, -0.05) is 61.3 Å². The van der Waals surface area contributed by atoms with E-state index in [2.05, 4.69) is 0 Å². The summed E-state index contributed by atoms with van der Waals surface area (Å²) in [6.07, 6.45) is 0.528. The summed E-state index contributed by atoms with van der Waals surface area (Å²) in [5, 5.41) is 21.0. The van der Waals surface area contributed by atoms with E-state index < -0.39 is 17.5 Å². The first-order chi connectivity index (χ1) is 15.6. The molecule has 1 aliphatic rings. The summed E-state index contributed by atoms with van der Waals surface area (Å²) in [6, 6.07) is 14.4. The number of aliphatic hydroxyl groups is 1. The molecule has 1 saturated heterocycles. The number of benzene rings is 2. The average Bonchev–Trinajstić information content (AvgIpc) is 2.74. The zero-order valence-corrected chi connectivity index (χ0v) is 20.7. The molecule has 33 heavy (non-hydrogen) atoms. The second-order valence-corrected chi connectivity index (χ2v) is 10.2. The van der Waals surface area contributed by atoms with Crippen LogP contribution in [0, 0.1) is 5.41 Å². The maximum atomic E-state index is 14.0. The average molecular weight is 492 g/mol. The Hall–Kier alpha value is -2.08. The molecule has 1 heterocycles. The predicted molar refractivity (Wildman–Crippen MR) is 131 cm³/mol. The SMILES string of the molecule is CC[C@@H](CC(C)O)N1C(=O)[C@](C)(CC(=O)O)C[C@H](c2cccc(Cl)c2)[C@H]1c1ccc(Cl)cc1. The summed E-state index contributed by atoms with van der Waals surface area (Å²) in [5.41, 5.74) is 0.774. The molecule has 3 rings (SSSR count). The van der Waals surface area contributed by atoms with Crippen LogP contribution < -0.4 is 0 Å². The van der Waals surface area contributed by atoms with E-state index >= 15 is 0 Å². The molecule has 5 atom stereocenters. The fourth-order valence-corrected chi connectivity index (χ4v) is 5.48. The number of carbonyl (C=O) groups is 2. The second-order valence-electron chi connectivity index (χ2n) is 9.35. The maximum Gasteiger partial charge on any atom is 0.304 e. The molecule has 178 valence electrons. The van der Waals surface area contributed by atoms with Gasteiger partial charge in [0.1, 0.15) is 0 Å². The summed E-state index contributed by atoms with van der Waals surface area (Å²) in [7, 11) is 0. The molecule has 7 heteroatoms. The summed E-state index contributed by atoms with van der Waals surface area (Å²) in [6.45, 7) is 5.43. The Balaban J connectivity index is 2.23. The normalized spacial score (nSPS) is 25.0. The molecule has 0 bridgehead atoms. The van der Waals surface area contributed by atoms with E-state index in [9.17, 15) is 19.8 Å². The zero-order valence-electron chi connectivity index (χ0n) is 19.2. The number of carbonyl (C=O) groups excluding carboxylic acids is 1. The number of likely N-dealkylation sites (tertiary alicyclic amines) is 1. The third kappa shape index (κ3) is 5.71. The van der Waals surface area contributed by atoms with Crippen LogP contribution in [0.2, 0.25) is 10.0 Å². The predicted octanol–water partition coefficient (Wildman–Crippen LogP) is 6.08. The van der Waals surface area contributed by atoms with Crippen LogP contribution in [-0.4, -0.2) is 39.1 Å². The van der Waals surface area contributed by atoms with E-state index in [4.69, 9.17) is 23.2 Å². The highest BCUT2D eigenvalue weighted by atomic mass is 35.5. The third-order valence-corrected chi connectivity index (χ3v) is 7.10. The molecule has 2 aromatic rings. The minimum absolute atomic E-state index is 0.185. The summed E-state index contributed by atoms with van der Waals surface area (Å²) < 4.78 is 0. The van der Waals surface area contributed by atoms with Gasteiger partial charge in [-0.05, 0) is 61.6 Å². The van der Waals surface area contributed by atoms with Gasteiger partial charge in [-0.25, -0.2) is 0 Å². The van der Waals surface area contributed by atoms with Crippen LogP contribution in [-0.2, 0) is 9.59 Å². The van der Waals surface area contributed by atoms with Gasteiger partial charge in [-0.3, -0.25) is 9.59 Å². The molecule has 0 aliphatic carbocycles. The monoisotopic (exact) mass is 491 g/mol. The van der Waals surface area contributed by atoms with Crippen molar-refractivity contribution in [1.82, 2.24) is 4.90 Å². The van der Waals surface area contributed by atoms with Gasteiger partial charge in [-0.2, -0.15) is 0 Å². The standard InChI is InChI=1S/C26H31Cl2NO4/c1-4-21(12-16(2)30)29-24(17-8-10-19(27)11-9-17)22(18-6-5-7-20(28)13-18)14-26(3,25(29)33)15-23(31)32/h5-11,13,16,21-22,24,30H,4,12,14-15H2,1-3H3,(H,31,32)/t16?,21-,22+,24+,26-/m0/s1. The van der Waals surface area contributed by atoms with E-state index in [1.54, 1.807) is 32.0 Å². The van der Waals surface area contributed by atoms with Crippen molar-refractivity contribution >= 4 is 35.1 Å². The number of hydrogen-bond acceptors (Lipinski definition) is 3. The minimum atomic E-state index is -1.09. The van der Waals surface area contributed by atoms with Crippen molar-refractivity contribution in [3.05, 3.63) is 69.7 Å². The summed E-state index contributed by atoms with van der Waals surface area (Å²) >= 11 is 12.5. The molecule has 1 unspecified atom stereocenters. The van der Waals surface area contributed by atoms with Crippen LogP contribution in [0.3, 0.4) is 0 Å². The van der Waals surface area contributed by atoms with Crippen molar-refractivity contribution in [3.8, 4) is 0 Å². The highest BCUT2D eigenvalue weighted by molar-refractivity contribution is 6.30. The first-order valence-corrected chi connectivity index (χ1v) is 12.0. The van der Waals surface area contributed by atoms with Crippen LogP contribution in [0.25, 0.3) is 0 Å². The van der Waals surface area contributed by atoms with Gasteiger partial charge < -0.3 is 15.1 Å². The van der Waals surface area contributed by atoms with Crippen molar-refractivity contribution in [3.63, 3.8) is 0 Å². The largest absolute Gasteiger partial charge is 0.481 e. The highest BCUT2D eigenvalue weighted by Gasteiger charge is 2.52. The third-order valence-electron chi connectivity index (χ3n) is 6.61. The van der Waals surface area contributed by atoms with Crippen molar-refractivity contribution in [2.75, 3.05) is 0 Å². The molecule has 0 radical (unpaired) electrons. The Bertz CT molecular complexity index is 994.